The van der Waals surface area contributed by atoms with E-state index in [-0.39, 0.29) is 5.92 Å². The number of rotatable bonds is 23. The predicted molar refractivity (Wildman–Crippen MR) is 129 cm³/mol. The minimum Gasteiger partial charge on any atom is -0.481 e. The van der Waals surface area contributed by atoms with Crippen molar-refractivity contribution in [3.63, 3.8) is 0 Å². The molecule has 0 amide bonds. The monoisotopic (exact) mass is 410 g/mol. The van der Waals surface area contributed by atoms with Crippen LogP contribution in [-0.4, -0.2) is 11.1 Å². The van der Waals surface area contributed by atoms with Gasteiger partial charge in [0.05, 0.1) is 5.92 Å². The molecule has 174 valence electrons. The summed E-state index contributed by atoms with van der Waals surface area (Å²) in [4.78, 5) is 11.8. The molecule has 2 unspecified atom stereocenters. The van der Waals surface area contributed by atoms with Crippen molar-refractivity contribution in [3.05, 3.63) is 0 Å². The Balaban J connectivity index is 4.26. The van der Waals surface area contributed by atoms with E-state index in [2.05, 4.69) is 20.8 Å². The summed E-state index contributed by atoms with van der Waals surface area (Å²) < 4.78 is 0. The quantitative estimate of drug-likeness (QED) is 0.170. The van der Waals surface area contributed by atoms with Crippen LogP contribution in [0.2, 0.25) is 0 Å². The van der Waals surface area contributed by atoms with Crippen LogP contribution in [-0.2, 0) is 4.79 Å². The standard InChI is InChI=1S/C27H54O2/c1-4-7-10-12-14-15-17-20-22-25(21-19-16-13-11-8-5-2)24-26(27(28)29)23-18-9-6-3/h25-26H,4-24H2,1-3H3,(H,28,29). The molecule has 0 rings (SSSR count). The van der Waals surface area contributed by atoms with Gasteiger partial charge in [-0.05, 0) is 18.8 Å². The first-order valence-corrected chi connectivity index (χ1v) is 13.4. The Kier molecular flexibility index (Phi) is 21.8. The molecule has 0 aromatic heterocycles. The van der Waals surface area contributed by atoms with Gasteiger partial charge >= 0.3 is 5.97 Å². The molecule has 0 aliphatic carbocycles. The Morgan fingerprint density at radius 1 is 0.552 bits per heavy atom. The van der Waals surface area contributed by atoms with Crippen LogP contribution in [0, 0.1) is 11.8 Å². The molecule has 2 atom stereocenters. The largest absolute Gasteiger partial charge is 0.481 e. The van der Waals surface area contributed by atoms with Gasteiger partial charge < -0.3 is 5.11 Å². The second kappa shape index (κ2) is 22.2. The lowest BCUT2D eigenvalue weighted by atomic mass is 9.84. The Hall–Kier alpha value is -0.530. The summed E-state index contributed by atoms with van der Waals surface area (Å²) in [6.45, 7) is 6.74. The molecule has 0 bridgehead atoms. The summed E-state index contributed by atoms with van der Waals surface area (Å²) in [7, 11) is 0. The van der Waals surface area contributed by atoms with E-state index in [1.807, 2.05) is 0 Å². The van der Waals surface area contributed by atoms with Gasteiger partial charge in [-0.3, -0.25) is 4.79 Å². The lowest BCUT2D eigenvalue weighted by molar-refractivity contribution is -0.142. The van der Waals surface area contributed by atoms with Crippen molar-refractivity contribution >= 4 is 5.97 Å². The van der Waals surface area contributed by atoms with E-state index in [1.54, 1.807) is 0 Å². The van der Waals surface area contributed by atoms with Crippen LogP contribution in [0.1, 0.15) is 156 Å². The van der Waals surface area contributed by atoms with Gasteiger partial charge in [0.25, 0.3) is 0 Å². The number of aliphatic carboxylic acids is 1. The molecule has 0 radical (unpaired) electrons. The maximum Gasteiger partial charge on any atom is 0.306 e. The van der Waals surface area contributed by atoms with Gasteiger partial charge in [-0.15, -0.1) is 0 Å². The summed E-state index contributed by atoms with van der Waals surface area (Å²) in [5.41, 5.74) is 0. The highest BCUT2D eigenvalue weighted by molar-refractivity contribution is 5.69. The van der Waals surface area contributed by atoms with Crippen molar-refractivity contribution in [1.29, 1.82) is 0 Å². The molecule has 0 fully saturated rings. The molecule has 0 aromatic carbocycles. The normalized spacial score (nSPS) is 13.5. The first-order chi connectivity index (χ1) is 14.2. The van der Waals surface area contributed by atoms with Crippen LogP contribution in [0.25, 0.3) is 0 Å². The van der Waals surface area contributed by atoms with Crippen LogP contribution in [0.3, 0.4) is 0 Å². The van der Waals surface area contributed by atoms with Gasteiger partial charge in [-0.1, -0.05) is 143 Å². The van der Waals surface area contributed by atoms with Gasteiger partial charge in [0.2, 0.25) is 0 Å². The fraction of sp³-hybridized carbons (Fsp3) is 0.963. The minimum atomic E-state index is -0.551. The Morgan fingerprint density at radius 2 is 0.897 bits per heavy atom. The molecule has 2 heteroatoms. The van der Waals surface area contributed by atoms with Crippen LogP contribution in [0.5, 0.6) is 0 Å². The van der Waals surface area contributed by atoms with Crippen LogP contribution in [0.15, 0.2) is 0 Å². The minimum absolute atomic E-state index is 0.110. The Bertz CT molecular complexity index is 339. The topological polar surface area (TPSA) is 37.3 Å². The molecule has 0 aromatic rings. The van der Waals surface area contributed by atoms with E-state index < -0.39 is 5.97 Å². The highest BCUT2D eigenvalue weighted by Gasteiger charge is 2.22. The Labute approximate surface area is 183 Å². The molecule has 0 saturated heterocycles. The fourth-order valence-electron chi connectivity index (χ4n) is 4.55. The van der Waals surface area contributed by atoms with E-state index in [9.17, 15) is 9.90 Å². The van der Waals surface area contributed by atoms with E-state index >= 15 is 0 Å². The number of hydrogen-bond donors (Lipinski definition) is 1. The van der Waals surface area contributed by atoms with E-state index in [0.717, 1.165) is 19.3 Å². The van der Waals surface area contributed by atoms with Crippen LogP contribution < -0.4 is 0 Å². The van der Waals surface area contributed by atoms with Crippen molar-refractivity contribution in [3.8, 4) is 0 Å². The van der Waals surface area contributed by atoms with Crippen molar-refractivity contribution in [1.82, 2.24) is 0 Å². The molecule has 0 spiro atoms. The van der Waals surface area contributed by atoms with Gasteiger partial charge in [0, 0.05) is 0 Å². The van der Waals surface area contributed by atoms with Gasteiger partial charge in [0.1, 0.15) is 0 Å². The average molecular weight is 411 g/mol. The zero-order valence-electron chi connectivity index (χ0n) is 20.4. The lowest BCUT2D eigenvalue weighted by Crippen LogP contribution is -2.18. The number of unbranched alkanes of at least 4 members (excludes halogenated alkanes) is 14. The van der Waals surface area contributed by atoms with Crippen LogP contribution >= 0.6 is 0 Å². The van der Waals surface area contributed by atoms with Crippen molar-refractivity contribution < 1.29 is 9.90 Å². The number of carboxylic acid groups (broad SMARTS) is 1. The summed E-state index contributed by atoms with van der Waals surface area (Å²) in [5, 5.41) is 9.70. The SMILES string of the molecule is CCCCCCCCCCC(CCCCCCCC)CC(CCCCC)C(=O)O. The molecule has 0 aliphatic rings. The second-order valence-electron chi connectivity index (χ2n) is 9.45. The van der Waals surface area contributed by atoms with Crippen molar-refractivity contribution in [2.45, 2.75) is 156 Å². The number of carbonyl (C=O) groups is 1. The smallest absolute Gasteiger partial charge is 0.306 e. The fourth-order valence-corrected chi connectivity index (χ4v) is 4.55. The summed E-state index contributed by atoms with van der Waals surface area (Å²) >= 11 is 0. The van der Waals surface area contributed by atoms with E-state index in [0.29, 0.717) is 5.92 Å². The molecule has 2 nitrogen and oxygen atoms in total. The number of carboxylic acids is 1. The molecule has 29 heavy (non-hydrogen) atoms. The molecule has 1 N–H and O–H groups in total. The van der Waals surface area contributed by atoms with Crippen molar-refractivity contribution in [2.24, 2.45) is 11.8 Å². The zero-order chi connectivity index (χ0) is 21.6. The average Bonchev–Trinajstić information content (AvgIpc) is 2.71. The molecular weight excluding hydrogens is 356 g/mol. The molecule has 0 saturated carbocycles. The summed E-state index contributed by atoms with van der Waals surface area (Å²) in [6.07, 6.45) is 26.6. The highest BCUT2D eigenvalue weighted by Crippen LogP contribution is 2.28. The first-order valence-electron chi connectivity index (χ1n) is 13.4. The first kappa shape index (κ1) is 28.5. The summed E-state index contributed by atoms with van der Waals surface area (Å²) in [5.74, 6) is -0.0327. The third-order valence-electron chi connectivity index (χ3n) is 6.56. The van der Waals surface area contributed by atoms with E-state index in [1.165, 1.54) is 116 Å². The maximum atomic E-state index is 11.8. The third-order valence-corrected chi connectivity index (χ3v) is 6.56. The maximum absolute atomic E-state index is 11.8. The van der Waals surface area contributed by atoms with Gasteiger partial charge in [-0.25, -0.2) is 0 Å². The van der Waals surface area contributed by atoms with Gasteiger partial charge in [0.15, 0.2) is 0 Å². The Morgan fingerprint density at radius 3 is 1.31 bits per heavy atom. The zero-order valence-corrected chi connectivity index (χ0v) is 20.4. The molecular formula is C27H54O2. The van der Waals surface area contributed by atoms with Gasteiger partial charge in [-0.2, -0.15) is 0 Å². The second-order valence-corrected chi connectivity index (χ2v) is 9.45. The van der Waals surface area contributed by atoms with E-state index in [4.69, 9.17) is 0 Å². The lowest BCUT2D eigenvalue weighted by Gasteiger charge is -2.21. The van der Waals surface area contributed by atoms with Crippen LogP contribution in [0.4, 0.5) is 0 Å². The third kappa shape index (κ3) is 19.2. The predicted octanol–water partition coefficient (Wildman–Crippen LogP) is 9.56. The van der Waals surface area contributed by atoms with Crippen molar-refractivity contribution in [2.75, 3.05) is 0 Å². The highest BCUT2D eigenvalue weighted by atomic mass is 16.4. The molecule has 0 aliphatic heterocycles. The number of hydrogen-bond acceptors (Lipinski definition) is 1. The summed E-state index contributed by atoms with van der Waals surface area (Å²) in [6, 6.07) is 0. The molecule has 0 heterocycles.